The molecule has 2 aromatic heterocycles. The summed E-state index contributed by atoms with van der Waals surface area (Å²) < 4.78 is 7.74. The van der Waals surface area contributed by atoms with Crippen LogP contribution in [0.2, 0.25) is 0 Å². The lowest BCUT2D eigenvalue weighted by Gasteiger charge is -2.25. The van der Waals surface area contributed by atoms with Gasteiger partial charge in [0.2, 0.25) is 11.8 Å². The standard InChI is InChI=1S/C21H28N6O5/c1-12(2)11-26-19-14(5-6-15(28)25-7-9-32-10-8-25)17(22)24-27(19)21(31)16(20(26)30)18(29)23-13-3-4-13/h5-6,12-13,31H,3-4,7-11H2,1-2H3,(H2,22,24)(H,23,29)/b6-5+. The lowest BCUT2D eigenvalue weighted by Crippen LogP contribution is -2.39. The number of carbonyl (C=O) groups is 2. The molecule has 11 heteroatoms. The van der Waals surface area contributed by atoms with E-state index in [0.717, 1.165) is 17.4 Å². The van der Waals surface area contributed by atoms with Crippen molar-refractivity contribution >= 4 is 29.4 Å². The molecule has 0 atom stereocenters. The van der Waals surface area contributed by atoms with Gasteiger partial charge in [-0.2, -0.15) is 4.52 Å². The van der Waals surface area contributed by atoms with Crippen LogP contribution in [0.5, 0.6) is 5.88 Å². The van der Waals surface area contributed by atoms with E-state index in [2.05, 4.69) is 10.4 Å². The highest BCUT2D eigenvalue weighted by molar-refractivity contribution is 5.97. The lowest BCUT2D eigenvalue weighted by atomic mass is 10.2. The quantitative estimate of drug-likeness (QED) is 0.540. The zero-order chi connectivity index (χ0) is 23.0. The van der Waals surface area contributed by atoms with E-state index >= 15 is 0 Å². The fourth-order valence-electron chi connectivity index (χ4n) is 3.70. The summed E-state index contributed by atoms with van der Waals surface area (Å²) in [4.78, 5) is 40.1. The number of aromatic nitrogens is 3. The first-order valence-electron chi connectivity index (χ1n) is 10.8. The smallest absolute Gasteiger partial charge is 0.270 e. The molecular weight excluding hydrogens is 416 g/mol. The molecule has 32 heavy (non-hydrogen) atoms. The van der Waals surface area contributed by atoms with E-state index in [1.54, 1.807) is 4.90 Å². The SMILES string of the molecule is CC(C)Cn1c(=O)c(C(=O)NC2CC2)c(O)n2nc(N)c(/C=C/C(=O)N3CCOCC3)c12. The molecule has 1 aliphatic carbocycles. The fourth-order valence-corrected chi connectivity index (χ4v) is 3.70. The van der Waals surface area contributed by atoms with E-state index in [0.29, 0.717) is 31.9 Å². The van der Waals surface area contributed by atoms with Crippen molar-refractivity contribution in [2.75, 3.05) is 32.0 Å². The van der Waals surface area contributed by atoms with E-state index in [1.807, 2.05) is 13.8 Å². The molecule has 1 saturated heterocycles. The second-order valence-corrected chi connectivity index (χ2v) is 8.56. The Bertz CT molecular complexity index is 1140. The van der Waals surface area contributed by atoms with Crippen molar-refractivity contribution in [1.82, 2.24) is 24.4 Å². The van der Waals surface area contributed by atoms with Crippen LogP contribution in [0.25, 0.3) is 11.7 Å². The molecule has 1 aliphatic heterocycles. The third-order valence-corrected chi connectivity index (χ3v) is 5.47. The van der Waals surface area contributed by atoms with Crippen molar-refractivity contribution in [3.63, 3.8) is 0 Å². The van der Waals surface area contributed by atoms with Gasteiger partial charge in [-0.05, 0) is 24.8 Å². The van der Waals surface area contributed by atoms with E-state index in [9.17, 15) is 19.5 Å². The monoisotopic (exact) mass is 444 g/mol. The molecule has 3 heterocycles. The number of nitrogen functional groups attached to an aromatic ring is 1. The molecule has 2 aromatic rings. The van der Waals surface area contributed by atoms with Crippen LogP contribution in [0.4, 0.5) is 5.82 Å². The number of carbonyl (C=O) groups excluding carboxylic acids is 2. The normalized spacial score (nSPS) is 16.9. The number of rotatable bonds is 6. The van der Waals surface area contributed by atoms with Crippen LogP contribution in [0, 0.1) is 5.92 Å². The van der Waals surface area contributed by atoms with Crippen molar-refractivity contribution in [1.29, 1.82) is 0 Å². The number of morpholine rings is 1. The van der Waals surface area contributed by atoms with Crippen LogP contribution in [-0.4, -0.2) is 68.3 Å². The van der Waals surface area contributed by atoms with Gasteiger partial charge in [0.05, 0.1) is 18.8 Å². The molecule has 0 aromatic carbocycles. The number of nitrogens with two attached hydrogens (primary N) is 1. The van der Waals surface area contributed by atoms with Crippen LogP contribution < -0.4 is 16.6 Å². The maximum absolute atomic E-state index is 13.3. The number of amides is 2. The van der Waals surface area contributed by atoms with Gasteiger partial charge in [-0.1, -0.05) is 13.8 Å². The molecule has 4 N–H and O–H groups in total. The van der Waals surface area contributed by atoms with Crippen molar-refractivity contribution < 1.29 is 19.4 Å². The number of nitrogens with zero attached hydrogens (tertiary/aromatic N) is 4. The summed E-state index contributed by atoms with van der Waals surface area (Å²) in [5.41, 5.74) is 5.66. The van der Waals surface area contributed by atoms with Crippen molar-refractivity contribution in [2.45, 2.75) is 39.3 Å². The molecule has 0 radical (unpaired) electrons. The number of fused-ring (bicyclic) bond motifs is 1. The van der Waals surface area contributed by atoms with Gasteiger partial charge in [0.15, 0.2) is 17.0 Å². The molecule has 11 nitrogen and oxygen atoms in total. The third-order valence-electron chi connectivity index (χ3n) is 5.47. The number of hydrogen-bond donors (Lipinski definition) is 3. The molecule has 1 saturated carbocycles. The number of ether oxygens (including phenoxy) is 1. The topological polar surface area (TPSA) is 144 Å². The average molecular weight is 444 g/mol. The summed E-state index contributed by atoms with van der Waals surface area (Å²) in [5.74, 6) is -1.34. The Hall–Kier alpha value is -3.34. The molecular formula is C21H28N6O5. The predicted octanol–water partition coefficient (Wildman–Crippen LogP) is 0.204. The highest BCUT2D eigenvalue weighted by Gasteiger charge is 2.30. The Balaban J connectivity index is 1.81. The van der Waals surface area contributed by atoms with Gasteiger partial charge in [-0.25, -0.2) is 0 Å². The highest BCUT2D eigenvalue weighted by atomic mass is 16.5. The second kappa shape index (κ2) is 8.65. The first-order chi connectivity index (χ1) is 15.3. The van der Waals surface area contributed by atoms with E-state index < -0.39 is 17.3 Å². The zero-order valence-electron chi connectivity index (χ0n) is 18.2. The Morgan fingerprint density at radius 2 is 2.00 bits per heavy atom. The number of hydrogen-bond acceptors (Lipinski definition) is 7. The minimum absolute atomic E-state index is 0.0166. The lowest BCUT2D eigenvalue weighted by molar-refractivity contribution is -0.129. The van der Waals surface area contributed by atoms with Crippen LogP contribution in [0.1, 0.15) is 42.6 Å². The van der Waals surface area contributed by atoms with Crippen molar-refractivity contribution in [2.24, 2.45) is 5.92 Å². The Morgan fingerprint density at radius 1 is 1.31 bits per heavy atom. The van der Waals surface area contributed by atoms with Crippen LogP contribution >= 0.6 is 0 Å². The molecule has 172 valence electrons. The first kappa shape index (κ1) is 21.9. The van der Waals surface area contributed by atoms with Gasteiger partial charge < -0.3 is 25.8 Å². The van der Waals surface area contributed by atoms with Crippen LogP contribution in [0.3, 0.4) is 0 Å². The maximum atomic E-state index is 13.3. The summed E-state index contributed by atoms with van der Waals surface area (Å²) in [6, 6.07) is 0.0166. The minimum Gasteiger partial charge on any atom is -0.492 e. The number of aromatic hydroxyl groups is 1. The molecule has 0 bridgehead atoms. The maximum Gasteiger partial charge on any atom is 0.270 e. The van der Waals surface area contributed by atoms with Gasteiger partial charge in [-0.3, -0.25) is 19.0 Å². The van der Waals surface area contributed by atoms with Gasteiger partial charge in [0.25, 0.3) is 11.5 Å². The molecule has 2 amide bonds. The average Bonchev–Trinajstić information content (AvgIpc) is 3.50. The summed E-state index contributed by atoms with van der Waals surface area (Å²) in [5, 5.41) is 17.7. The second-order valence-electron chi connectivity index (χ2n) is 8.56. The fraction of sp³-hybridized carbons (Fsp3) is 0.524. The van der Waals surface area contributed by atoms with E-state index in [4.69, 9.17) is 10.5 Å². The van der Waals surface area contributed by atoms with Gasteiger partial charge in [0.1, 0.15) is 0 Å². The molecule has 0 spiro atoms. The van der Waals surface area contributed by atoms with Crippen molar-refractivity contribution in [3.8, 4) is 5.88 Å². The minimum atomic E-state index is -0.636. The third kappa shape index (κ3) is 4.20. The number of nitrogens with one attached hydrogen (secondary N) is 1. The Labute approximate surface area is 184 Å². The molecule has 2 aliphatic rings. The van der Waals surface area contributed by atoms with Gasteiger partial charge in [0, 0.05) is 31.8 Å². The summed E-state index contributed by atoms with van der Waals surface area (Å²) in [6.07, 6.45) is 4.55. The van der Waals surface area contributed by atoms with Gasteiger partial charge >= 0.3 is 0 Å². The van der Waals surface area contributed by atoms with Gasteiger partial charge in [-0.15, -0.1) is 5.10 Å². The number of anilines is 1. The predicted molar refractivity (Wildman–Crippen MR) is 117 cm³/mol. The summed E-state index contributed by atoms with van der Waals surface area (Å²) >= 11 is 0. The van der Waals surface area contributed by atoms with Crippen LogP contribution in [-0.2, 0) is 16.1 Å². The van der Waals surface area contributed by atoms with Crippen molar-refractivity contribution in [3.05, 3.63) is 27.6 Å². The Morgan fingerprint density at radius 3 is 2.62 bits per heavy atom. The first-order valence-corrected chi connectivity index (χ1v) is 10.8. The highest BCUT2D eigenvalue weighted by Crippen LogP contribution is 2.26. The summed E-state index contributed by atoms with van der Waals surface area (Å²) in [6.45, 7) is 6.07. The van der Waals surface area contributed by atoms with E-state index in [-0.39, 0.29) is 41.4 Å². The Kier molecular flexibility index (Phi) is 5.92. The largest absolute Gasteiger partial charge is 0.492 e. The molecule has 0 unspecified atom stereocenters. The van der Waals surface area contributed by atoms with Crippen LogP contribution in [0.15, 0.2) is 10.9 Å². The zero-order valence-corrected chi connectivity index (χ0v) is 18.2. The molecule has 4 rings (SSSR count). The van der Waals surface area contributed by atoms with E-state index in [1.165, 1.54) is 16.7 Å². The summed E-state index contributed by atoms with van der Waals surface area (Å²) in [7, 11) is 0. The molecule has 2 fully saturated rings.